The molecular weight excluding hydrogens is 307 g/mol. The fourth-order valence-corrected chi connectivity index (χ4v) is 2.33. The van der Waals surface area contributed by atoms with Gasteiger partial charge >= 0.3 is 6.18 Å². The van der Waals surface area contributed by atoms with Crippen molar-refractivity contribution in [2.45, 2.75) is 51.4 Å². The van der Waals surface area contributed by atoms with Gasteiger partial charge in [-0.2, -0.15) is 13.2 Å². The van der Waals surface area contributed by atoms with Crippen molar-refractivity contribution in [3.63, 3.8) is 0 Å². The van der Waals surface area contributed by atoms with Crippen LogP contribution in [0.2, 0.25) is 0 Å². The summed E-state index contributed by atoms with van der Waals surface area (Å²) in [5.74, 6) is -0.488. The lowest BCUT2D eigenvalue weighted by Gasteiger charge is -2.32. The van der Waals surface area contributed by atoms with Gasteiger partial charge in [-0.15, -0.1) is 0 Å². The lowest BCUT2D eigenvalue weighted by Crippen LogP contribution is -2.53. The summed E-state index contributed by atoms with van der Waals surface area (Å²) in [6.45, 7) is 6.42. The van der Waals surface area contributed by atoms with Gasteiger partial charge in [0.2, 0.25) is 5.60 Å². The molecule has 0 aliphatic rings. The molecule has 6 heteroatoms. The van der Waals surface area contributed by atoms with Crippen LogP contribution in [0.4, 0.5) is 13.2 Å². The number of benzene rings is 1. The number of alkyl halides is 3. The van der Waals surface area contributed by atoms with Crippen molar-refractivity contribution in [3.8, 4) is 0 Å². The molecule has 2 rings (SSSR count). The molecule has 0 saturated carbocycles. The maximum Gasteiger partial charge on any atom is 0.425 e. The maximum atomic E-state index is 13.5. The molecule has 1 aromatic heterocycles. The second-order valence-corrected chi connectivity index (χ2v) is 6.76. The standard InChI is InChI=1S/C17H22F3NO2/c1-5-11-7-6-8-12-9-13(23-14(11)12)16(22,17(18,19)20)10-21-15(2,3)4/h6-9,21-22H,5,10H2,1-4H3. The number of para-hydroxylation sites is 1. The first kappa shape index (κ1) is 17.8. The van der Waals surface area contributed by atoms with E-state index in [1.807, 2.05) is 6.92 Å². The van der Waals surface area contributed by atoms with E-state index in [4.69, 9.17) is 4.42 Å². The van der Waals surface area contributed by atoms with Crippen LogP contribution in [-0.4, -0.2) is 23.4 Å². The normalized spacial score (nSPS) is 15.8. The summed E-state index contributed by atoms with van der Waals surface area (Å²) in [5.41, 5.74) is -2.45. The van der Waals surface area contributed by atoms with Gasteiger partial charge in [-0.3, -0.25) is 0 Å². The number of β-amino-alcohol motifs (C(OH)–C–C–N with tert-alkyl or cyclic N) is 1. The Hall–Kier alpha value is -1.53. The van der Waals surface area contributed by atoms with Crippen molar-refractivity contribution in [3.05, 3.63) is 35.6 Å². The summed E-state index contributed by atoms with van der Waals surface area (Å²) in [6, 6.07) is 6.51. The monoisotopic (exact) mass is 329 g/mol. The predicted octanol–water partition coefficient (Wildman–Crippen LogP) is 4.13. The lowest BCUT2D eigenvalue weighted by atomic mass is 9.97. The molecule has 0 spiro atoms. The molecule has 0 aliphatic carbocycles. The van der Waals surface area contributed by atoms with Gasteiger partial charge in [0.1, 0.15) is 11.3 Å². The molecule has 1 heterocycles. The van der Waals surface area contributed by atoms with E-state index in [2.05, 4.69) is 5.32 Å². The van der Waals surface area contributed by atoms with E-state index in [0.717, 1.165) is 5.56 Å². The third-order valence-corrected chi connectivity index (χ3v) is 3.76. The topological polar surface area (TPSA) is 45.4 Å². The SMILES string of the molecule is CCc1cccc2cc(C(O)(CNC(C)(C)C)C(F)(F)F)oc12. The Labute approximate surface area is 133 Å². The minimum absolute atomic E-state index is 0.392. The predicted molar refractivity (Wildman–Crippen MR) is 83.3 cm³/mol. The quantitative estimate of drug-likeness (QED) is 0.886. The molecule has 1 atom stereocenters. The Balaban J connectivity index is 2.52. The number of rotatable bonds is 4. The van der Waals surface area contributed by atoms with E-state index < -0.39 is 29.6 Å². The number of hydrogen-bond donors (Lipinski definition) is 2. The second-order valence-electron chi connectivity index (χ2n) is 6.76. The van der Waals surface area contributed by atoms with E-state index >= 15 is 0 Å². The largest absolute Gasteiger partial charge is 0.457 e. The summed E-state index contributed by atoms with van der Waals surface area (Å²) in [7, 11) is 0. The summed E-state index contributed by atoms with van der Waals surface area (Å²) < 4.78 is 46.0. The van der Waals surface area contributed by atoms with Crippen LogP contribution in [0, 0.1) is 0 Å². The van der Waals surface area contributed by atoms with Crippen LogP contribution < -0.4 is 5.32 Å². The third-order valence-electron chi connectivity index (χ3n) is 3.76. The molecule has 0 amide bonds. The highest BCUT2D eigenvalue weighted by atomic mass is 19.4. The first-order chi connectivity index (χ1) is 10.5. The smallest absolute Gasteiger partial charge is 0.425 e. The number of aliphatic hydroxyl groups is 1. The van der Waals surface area contributed by atoms with Crippen molar-refractivity contribution in [2.75, 3.05) is 6.54 Å². The molecule has 23 heavy (non-hydrogen) atoms. The number of fused-ring (bicyclic) bond motifs is 1. The molecule has 1 unspecified atom stereocenters. The Morgan fingerprint density at radius 1 is 1.17 bits per heavy atom. The van der Waals surface area contributed by atoms with Gasteiger partial charge in [0.25, 0.3) is 0 Å². The first-order valence-corrected chi connectivity index (χ1v) is 7.54. The number of hydrogen-bond acceptors (Lipinski definition) is 3. The van der Waals surface area contributed by atoms with E-state index in [9.17, 15) is 18.3 Å². The molecule has 1 aromatic carbocycles. The molecule has 0 aliphatic heterocycles. The molecule has 2 aromatic rings. The summed E-state index contributed by atoms with van der Waals surface area (Å²) in [4.78, 5) is 0. The van der Waals surface area contributed by atoms with Crippen molar-refractivity contribution in [1.29, 1.82) is 0 Å². The summed E-state index contributed by atoms with van der Waals surface area (Å²) >= 11 is 0. The zero-order valence-corrected chi connectivity index (χ0v) is 13.7. The van der Waals surface area contributed by atoms with Gasteiger partial charge < -0.3 is 14.8 Å². The van der Waals surface area contributed by atoms with Crippen LogP contribution in [0.1, 0.15) is 39.0 Å². The number of halogens is 3. The minimum atomic E-state index is -4.86. The van der Waals surface area contributed by atoms with Crippen LogP contribution in [0.3, 0.4) is 0 Å². The zero-order chi connectivity index (χ0) is 17.5. The minimum Gasteiger partial charge on any atom is -0.457 e. The highest BCUT2D eigenvalue weighted by molar-refractivity contribution is 5.81. The van der Waals surface area contributed by atoms with Gasteiger partial charge in [-0.1, -0.05) is 25.1 Å². The lowest BCUT2D eigenvalue weighted by molar-refractivity contribution is -0.270. The van der Waals surface area contributed by atoms with E-state index in [1.165, 1.54) is 6.07 Å². The van der Waals surface area contributed by atoms with Crippen LogP contribution >= 0.6 is 0 Å². The second kappa shape index (κ2) is 5.83. The van der Waals surface area contributed by atoms with Gasteiger partial charge in [0, 0.05) is 17.5 Å². The van der Waals surface area contributed by atoms with E-state index in [0.29, 0.717) is 17.4 Å². The molecule has 3 nitrogen and oxygen atoms in total. The van der Waals surface area contributed by atoms with E-state index in [1.54, 1.807) is 39.0 Å². The molecule has 0 fully saturated rings. The van der Waals surface area contributed by atoms with Gasteiger partial charge in [0.05, 0.1) is 0 Å². The Morgan fingerprint density at radius 2 is 1.83 bits per heavy atom. The average Bonchev–Trinajstić information content (AvgIpc) is 2.86. The first-order valence-electron chi connectivity index (χ1n) is 7.54. The van der Waals surface area contributed by atoms with Crippen LogP contribution in [0.25, 0.3) is 11.0 Å². The Bertz CT molecular complexity index is 685. The van der Waals surface area contributed by atoms with Crippen LogP contribution in [0.5, 0.6) is 0 Å². The Kier molecular flexibility index (Phi) is 4.52. The van der Waals surface area contributed by atoms with Gasteiger partial charge in [-0.25, -0.2) is 0 Å². The van der Waals surface area contributed by atoms with Gasteiger partial charge in [-0.05, 0) is 38.8 Å². The van der Waals surface area contributed by atoms with Crippen LogP contribution in [0.15, 0.2) is 28.7 Å². The number of furan rings is 1. The third kappa shape index (κ3) is 3.53. The maximum absolute atomic E-state index is 13.5. The van der Waals surface area contributed by atoms with E-state index in [-0.39, 0.29) is 0 Å². The van der Waals surface area contributed by atoms with Crippen molar-refractivity contribution in [1.82, 2.24) is 5.32 Å². The highest BCUT2D eigenvalue weighted by Gasteiger charge is 2.57. The van der Waals surface area contributed by atoms with Gasteiger partial charge in [0.15, 0.2) is 0 Å². The van der Waals surface area contributed by atoms with Crippen molar-refractivity contribution < 1.29 is 22.7 Å². The Morgan fingerprint density at radius 3 is 2.35 bits per heavy atom. The molecule has 0 radical (unpaired) electrons. The fourth-order valence-electron chi connectivity index (χ4n) is 2.33. The molecule has 0 saturated heterocycles. The average molecular weight is 329 g/mol. The number of nitrogens with one attached hydrogen (secondary N) is 1. The summed E-state index contributed by atoms with van der Waals surface area (Å²) in [6.07, 6.45) is -4.22. The highest BCUT2D eigenvalue weighted by Crippen LogP contribution is 2.41. The molecule has 0 bridgehead atoms. The number of aryl methyl sites for hydroxylation is 1. The van der Waals surface area contributed by atoms with Crippen molar-refractivity contribution >= 4 is 11.0 Å². The van der Waals surface area contributed by atoms with Crippen LogP contribution in [-0.2, 0) is 12.0 Å². The summed E-state index contributed by atoms with van der Waals surface area (Å²) in [5, 5.41) is 13.6. The fraction of sp³-hybridized carbons (Fsp3) is 0.529. The molecular formula is C17H22F3NO2. The zero-order valence-electron chi connectivity index (χ0n) is 13.7. The molecule has 2 N–H and O–H groups in total. The van der Waals surface area contributed by atoms with Crippen molar-refractivity contribution in [2.24, 2.45) is 0 Å². The molecule has 128 valence electrons.